The van der Waals surface area contributed by atoms with Gasteiger partial charge in [-0.25, -0.2) is 13.4 Å². The highest BCUT2D eigenvalue weighted by atomic mass is 32.2. The highest BCUT2D eigenvalue weighted by molar-refractivity contribution is 7.92. The Morgan fingerprint density at radius 2 is 1.80 bits per heavy atom. The first kappa shape index (κ1) is 20.0. The van der Waals surface area contributed by atoms with Gasteiger partial charge >= 0.3 is 0 Å². The molecule has 1 unspecified atom stereocenters. The summed E-state index contributed by atoms with van der Waals surface area (Å²) in [5.41, 5.74) is 4.59. The lowest BCUT2D eigenvalue weighted by Gasteiger charge is -2.21. The maximum Gasteiger partial charge on any atom is 0.242 e. The molecule has 2 aromatic carbocycles. The highest BCUT2D eigenvalue weighted by Crippen LogP contribution is 2.34. The van der Waals surface area contributed by atoms with Crippen LogP contribution in [0.15, 0.2) is 60.0 Å². The van der Waals surface area contributed by atoms with Gasteiger partial charge in [0.25, 0.3) is 0 Å². The van der Waals surface area contributed by atoms with Crippen molar-refractivity contribution in [2.75, 3.05) is 11.0 Å². The zero-order valence-corrected chi connectivity index (χ0v) is 17.4. The average molecular weight is 423 g/mol. The van der Waals surface area contributed by atoms with Gasteiger partial charge in [0.2, 0.25) is 15.9 Å². The summed E-state index contributed by atoms with van der Waals surface area (Å²) >= 11 is 0. The van der Waals surface area contributed by atoms with Crippen molar-refractivity contribution in [3.8, 4) is 0 Å². The van der Waals surface area contributed by atoms with Crippen molar-refractivity contribution < 1.29 is 13.2 Å². The van der Waals surface area contributed by atoms with E-state index in [9.17, 15) is 13.2 Å². The number of anilines is 1. The molecule has 1 aliphatic heterocycles. The summed E-state index contributed by atoms with van der Waals surface area (Å²) in [6.07, 6.45) is 5.29. The van der Waals surface area contributed by atoms with Crippen molar-refractivity contribution in [1.29, 1.82) is 0 Å². The average Bonchev–Trinajstić information content (AvgIpc) is 3.17. The smallest absolute Gasteiger partial charge is 0.242 e. The van der Waals surface area contributed by atoms with Crippen LogP contribution in [0.4, 0.5) is 5.69 Å². The summed E-state index contributed by atoms with van der Waals surface area (Å²) in [4.78, 5) is 21.2. The first-order valence-electron chi connectivity index (χ1n) is 9.52. The van der Waals surface area contributed by atoms with Gasteiger partial charge in [-0.15, -0.1) is 0 Å². The summed E-state index contributed by atoms with van der Waals surface area (Å²) in [6.45, 7) is 1.81. The summed E-state index contributed by atoms with van der Waals surface area (Å²) in [5.74, 6) is -0.0652. The van der Waals surface area contributed by atoms with Gasteiger partial charge in [-0.05, 0) is 35.4 Å². The lowest BCUT2D eigenvalue weighted by molar-refractivity contribution is -0.132. The van der Waals surface area contributed by atoms with Crippen LogP contribution in [0.2, 0.25) is 0 Å². The van der Waals surface area contributed by atoms with Gasteiger partial charge in [0.1, 0.15) is 0 Å². The molecule has 0 bridgehead atoms. The topological polar surface area (TPSA) is 105 Å². The predicted molar refractivity (Wildman–Crippen MR) is 115 cm³/mol. The number of hydrogen-bond acceptors (Lipinski definition) is 6. The highest BCUT2D eigenvalue weighted by Gasteiger charge is 2.32. The van der Waals surface area contributed by atoms with Crippen molar-refractivity contribution in [1.82, 2.24) is 15.0 Å². The van der Waals surface area contributed by atoms with Gasteiger partial charge in [0.05, 0.1) is 29.0 Å². The van der Waals surface area contributed by atoms with Crippen LogP contribution >= 0.6 is 0 Å². The third kappa shape index (κ3) is 4.16. The van der Waals surface area contributed by atoms with Gasteiger partial charge in [0, 0.05) is 30.9 Å². The Labute approximate surface area is 174 Å². The molecule has 154 valence electrons. The van der Waals surface area contributed by atoms with Crippen LogP contribution in [-0.4, -0.2) is 41.3 Å². The second kappa shape index (κ2) is 7.83. The first-order chi connectivity index (χ1) is 14.3. The Morgan fingerprint density at radius 3 is 2.47 bits per heavy atom. The van der Waals surface area contributed by atoms with Crippen molar-refractivity contribution in [2.45, 2.75) is 25.8 Å². The molecule has 1 atom stereocenters. The molecule has 4 rings (SSSR count). The SMILES string of the molecule is CCC(=O)N1N=C(c2ccc(NS(C)(=O)=O)cc2)CC1c1ccc2nccnc2c1. The first-order valence-corrected chi connectivity index (χ1v) is 11.4. The van der Waals surface area contributed by atoms with E-state index in [-0.39, 0.29) is 11.9 Å². The number of hydrogen-bond donors (Lipinski definition) is 1. The summed E-state index contributed by atoms with van der Waals surface area (Å²) < 4.78 is 25.2. The molecule has 0 saturated heterocycles. The van der Waals surface area contributed by atoms with E-state index in [0.29, 0.717) is 18.5 Å². The summed E-state index contributed by atoms with van der Waals surface area (Å²) in [7, 11) is -3.34. The minimum atomic E-state index is -3.34. The van der Waals surface area contributed by atoms with Crippen LogP contribution in [0, 0.1) is 0 Å². The second-order valence-electron chi connectivity index (χ2n) is 7.11. The summed E-state index contributed by atoms with van der Waals surface area (Å²) in [6, 6.07) is 12.5. The van der Waals surface area contributed by atoms with Gasteiger partial charge < -0.3 is 0 Å². The maximum absolute atomic E-state index is 12.6. The molecule has 2 heterocycles. The third-order valence-corrected chi connectivity index (χ3v) is 5.47. The number of hydrazone groups is 1. The molecule has 9 heteroatoms. The molecule has 1 amide bonds. The van der Waals surface area contributed by atoms with Crippen molar-refractivity contribution >= 4 is 38.4 Å². The number of nitrogens with one attached hydrogen (secondary N) is 1. The molecule has 8 nitrogen and oxygen atoms in total. The Kier molecular flexibility index (Phi) is 5.21. The van der Waals surface area contributed by atoms with E-state index in [1.807, 2.05) is 25.1 Å². The molecule has 0 spiro atoms. The molecule has 0 saturated carbocycles. The lowest BCUT2D eigenvalue weighted by atomic mass is 9.97. The number of aromatic nitrogens is 2. The zero-order valence-electron chi connectivity index (χ0n) is 16.6. The Bertz CT molecular complexity index is 1240. The largest absolute Gasteiger partial charge is 0.284 e. The van der Waals surface area contributed by atoms with Crippen LogP contribution in [0.3, 0.4) is 0 Å². The Morgan fingerprint density at radius 1 is 1.10 bits per heavy atom. The lowest BCUT2D eigenvalue weighted by Crippen LogP contribution is -2.26. The van der Waals surface area contributed by atoms with Gasteiger partial charge in [-0.1, -0.05) is 25.1 Å². The quantitative estimate of drug-likeness (QED) is 0.679. The molecule has 1 aromatic heterocycles. The van der Waals surface area contributed by atoms with E-state index in [1.165, 1.54) is 5.01 Å². The number of rotatable bonds is 5. The molecule has 0 aliphatic carbocycles. The van der Waals surface area contributed by atoms with E-state index in [2.05, 4.69) is 19.8 Å². The van der Waals surface area contributed by atoms with Crippen LogP contribution < -0.4 is 4.72 Å². The number of nitrogens with zero attached hydrogens (tertiary/aromatic N) is 4. The fourth-order valence-corrected chi connectivity index (χ4v) is 4.03. The Hall–Kier alpha value is -3.33. The van der Waals surface area contributed by atoms with Crippen LogP contribution in [0.25, 0.3) is 11.0 Å². The van der Waals surface area contributed by atoms with E-state index >= 15 is 0 Å². The molecule has 3 aromatic rings. The molecule has 30 heavy (non-hydrogen) atoms. The van der Waals surface area contributed by atoms with E-state index < -0.39 is 10.0 Å². The normalized spacial score (nSPS) is 16.5. The zero-order chi connectivity index (χ0) is 21.3. The van der Waals surface area contributed by atoms with Crippen LogP contribution in [-0.2, 0) is 14.8 Å². The standard InChI is InChI=1S/C21H21N5O3S/c1-3-21(27)26-20(15-6-9-17-19(12-15)23-11-10-22-17)13-18(24-26)14-4-7-16(8-5-14)25-30(2,28)29/h4-12,20,25H,3,13H2,1-2H3. The van der Waals surface area contributed by atoms with Gasteiger partial charge in [-0.3, -0.25) is 19.5 Å². The molecule has 0 fully saturated rings. The fourth-order valence-electron chi connectivity index (χ4n) is 3.47. The number of carbonyl (C=O) groups is 1. The van der Waals surface area contributed by atoms with Crippen molar-refractivity contribution in [3.05, 3.63) is 66.0 Å². The minimum absolute atomic E-state index is 0.0652. The number of fused-ring (bicyclic) bond motifs is 1. The fraction of sp³-hybridized carbons (Fsp3) is 0.238. The third-order valence-electron chi connectivity index (χ3n) is 4.87. The van der Waals surface area contributed by atoms with Gasteiger partial charge in [0.15, 0.2) is 0 Å². The number of benzene rings is 2. The number of amides is 1. The van der Waals surface area contributed by atoms with Gasteiger partial charge in [-0.2, -0.15) is 5.10 Å². The molecular formula is C21H21N5O3S. The van der Waals surface area contributed by atoms with Crippen LogP contribution in [0.5, 0.6) is 0 Å². The molecule has 1 N–H and O–H groups in total. The van der Waals surface area contributed by atoms with Crippen molar-refractivity contribution in [3.63, 3.8) is 0 Å². The number of sulfonamides is 1. The van der Waals surface area contributed by atoms with E-state index in [1.54, 1.807) is 36.7 Å². The van der Waals surface area contributed by atoms with E-state index in [0.717, 1.165) is 34.1 Å². The molecule has 0 radical (unpaired) electrons. The van der Waals surface area contributed by atoms with Crippen molar-refractivity contribution in [2.24, 2.45) is 5.10 Å². The number of carbonyl (C=O) groups excluding carboxylic acids is 1. The second-order valence-corrected chi connectivity index (χ2v) is 8.86. The minimum Gasteiger partial charge on any atom is -0.284 e. The molecule has 1 aliphatic rings. The molecular weight excluding hydrogens is 402 g/mol. The summed E-state index contributed by atoms with van der Waals surface area (Å²) in [5, 5.41) is 6.13. The monoisotopic (exact) mass is 423 g/mol. The van der Waals surface area contributed by atoms with Crippen LogP contribution in [0.1, 0.15) is 36.9 Å². The Balaban J connectivity index is 1.65. The maximum atomic E-state index is 12.6. The van der Waals surface area contributed by atoms with E-state index in [4.69, 9.17) is 0 Å². The predicted octanol–water partition coefficient (Wildman–Crippen LogP) is 3.09.